The van der Waals surface area contributed by atoms with Crippen LogP contribution >= 0.6 is 22.9 Å². The summed E-state index contributed by atoms with van der Waals surface area (Å²) in [5.74, 6) is 0.159. The van der Waals surface area contributed by atoms with Gasteiger partial charge in [0.05, 0.1) is 11.6 Å². The Morgan fingerprint density at radius 2 is 2.22 bits per heavy atom. The number of carboxylic acids is 1. The fourth-order valence-corrected chi connectivity index (χ4v) is 2.86. The van der Waals surface area contributed by atoms with Gasteiger partial charge in [-0.2, -0.15) is 0 Å². The van der Waals surface area contributed by atoms with E-state index < -0.39 is 5.97 Å². The topological polar surface area (TPSA) is 46.5 Å². The molecule has 0 aliphatic carbocycles. The molecule has 0 spiro atoms. The van der Waals surface area contributed by atoms with Crippen LogP contribution in [0.1, 0.15) is 23.5 Å². The molecule has 0 saturated carbocycles. The average molecular weight is 285 g/mol. The third kappa shape index (κ3) is 2.60. The highest BCUT2D eigenvalue weighted by molar-refractivity contribution is 7.21. The smallest absolute Gasteiger partial charge is 0.347 e. The Morgan fingerprint density at radius 3 is 2.83 bits per heavy atom. The first-order valence-electron chi connectivity index (χ1n) is 5.57. The molecule has 3 nitrogen and oxygen atoms in total. The quantitative estimate of drug-likeness (QED) is 0.911. The highest BCUT2D eigenvalue weighted by atomic mass is 35.5. The fourth-order valence-electron chi connectivity index (χ4n) is 1.54. The molecular formula is C13H13ClO3S. The van der Waals surface area contributed by atoms with E-state index in [1.54, 1.807) is 6.07 Å². The normalized spacial score (nSPS) is 11.1. The van der Waals surface area contributed by atoms with E-state index in [2.05, 4.69) is 13.8 Å². The molecule has 0 amide bonds. The van der Waals surface area contributed by atoms with Gasteiger partial charge in [-0.25, -0.2) is 4.79 Å². The van der Waals surface area contributed by atoms with Gasteiger partial charge >= 0.3 is 5.97 Å². The van der Waals surface area contributed by atoms with E-state index >= 15 is 0 Å². The van der Waals surface area contributed by atoms with Crippen LogP contribution in [0.3, 0.4) is 0 Å². The first-order valence-corrected chi connectivity index (χ1v) is 6.76. The molecule has 0 saturated heterocycles. The zero-order valence-corrected chi connectivity index (χ0v) is 11.6. The number of carboxylic acid groups (broad SMARTS) is 1. The minimum atomic E-state index is -0.995. The standard InChI is InChI=1S/C13H13ClO3S/c1-7(2)6-17-8-3-4-10-9(5-8)11(14)12(18-10)13(15)16/h3-5,7H,6H2,1-2H3,(H,15,16). The van der Waals surface area contributed by atoms with E-state index in [1.807, 2.05) is 12.1 Å². The van der Waals surface area contributed by atoms with Gasteiger partial charge in [0.1, 0.15) is 10.6 Å². The number of benzene rings is 1. The Bertz CT molecular complexity index is 589. The summed E-state index contributed by atoms with van der Waals surface area (Å²) in [6.07, 6.45) is 0. The second-order valence-electron chi connectivity index (χ2n) is 4.41. The van der Waals surface area contributed by atoms with Crippen LogP contribution < -0.4 is 4.74 Å². The molecule has 0 fully saturated rings. The second-order valence-corrected chi connectivity index (χ2v) is 5.84. The van der Waals surface area contributed by atoms with Crippen LogP contribution in [0, 0.1) is 5.92 Å². The van der Waals surface area contributed by atoms with Crippen molar-refractivity contribution in [1.29, 1.82) is 0 Å². The van der Waals surface area contributed by atoms with Gasteiger partial charge in [0.25, 0.3) is 0 Å². The second kappa shape index (κ2) is 5.16. The highest BCUT2D eigenvalue weighted by Crippen LogP contribution is 2.37. The average Bonchev–Trinajstić information content (AvgIpc) is 2.64. The summed E-state index contributed by atoms with van der Waals surface area (Å²) in [6, 6.07) is 5.47. The zero-order chi connectivity index (χ0) is 13.3. The summed E-state index contributed by atoms with van der Waals surface area (Å²) in [4.78, 5) is 11.2. The van der Waals surface area contributed by atoms with Crippen LogP contribution in [0.2, 0.25) is 5.02 Å². The predicted octanol–water partition coefficient (Wildman–Crippen LogP) is 4.29. The van der Waals surface area contributed by atoms with Crippen molar-refractivity contribution in [2.24, 2.45) is 5.92 Å². The molecule has 96 valence electrons. The number of rotatable bonds is 4. The molecule has 0 bridgehead atoms. The molecule has 1 N–H and O–H groups in total. The third-order valence-electron chi connectivity index (χ3n) is 2.38. The van der Waals surface area contributed by atoms with Gasteiger partial charge in [-0.1, -0.05) is 25.4 Å². The van der Waals surface area contributed by atoms with Crippen molar-refractivity contribution in [3.8, 4) is 5.75 Å². The van der Waals surface area contributed by atoms with Crippen molar-refractivity contribution >= 4 is 39.0 Å². The number of hydrogen-bond donors (Lipinski definition) is 1. The Morgan fingerprint density at radius 1 is 1.50 bits per heavy atom. The lowest BCUT2D eigenvalue weighted by Gasteiger charge is -2.08. The van der Waals surface area contributed by atoms with Crippen LogP contribution in [0.25, 0.3) is 10.1 Å². The maximum atomic E-state index is 11.0. The van der Waals surface area contributed by atoms with Gasteiger partial charge in [-0.3, -0.25) is 0 Å². The molecule has 1 heterocycles. The number of thiophene rings is 1. The summed E-state index contributed by atoms with van der Waals surface area (Å²) in [7, 11) is 0. The number of halogens is 1. The molecule has 5 heteroatoms. The van der Waals surface area contributed by atoms with Crippen molar-refractivity contribution in [3.63, 3.8) is 0 Å². The molecular weight excluding hydrogens is 272 g/mol. The third-order valence-corrected chi connectivity index (χ3v) is 4.04. The van der Waals surface area contributed by atoms with Gasteiger partial charge in [-0.05, 0) is 24.1 Å². The summed E-state index contributed by atoms with van der Waals surface area (Å²) in [5, 5.41) is 10.0. The lowest BCUT2D eigenvalue weighted by molar-refractivity contribution is 0.0702. The van der Waals surface area contributed by atoms with Crippen LogP contribution in [0.15, 0.2) is 18.2 Å². The molecule has 2 aromatic rings. The summed E-state index contributed by atoms with van der Waals surface area (Å²) in [5.41, 5.74) is 0. The molecule has 1 aromatic heterocycles. The van der Waals surface area contributed by atoms with Crippen molar-refractivity contribution in [2.75, 3.05) is 6.61 Å². The van der Waals surface area contributed by atoms with Crippen LogP contribution in [0.5, 0.6) is 5.75 Å². The maximum Gasteiger partial charge on any atom is 0.347 e. The molecule has 0 aliphatic rings. The molecule has 18 heavy (non-hydrogen) atoms. The Hall–Kier alpha value is -1.26. The number of fused-ring (bicyclic) bond motifs is 1. The summed E-state index contributed by atoms with van der Waals surface area (Å²) in [6.45, 7) is 4.76. The minimum absolute atomic E-state index is 0.174. The van der Waals surface area contributed by atoms with Crippen LogP contribution in [0.4, 0.5) is 0 Å². The summed E-state index contributed by atoms with van der Waals surface area (Å²) < 4.78 is 6.45. The molecule has 1 aromatic carbocycles. The van der Waals surface area contributed by atoms with Crippen molar-refractivity contribution in [2.45, 2.75) is 13.8 Å². The predicted molar refractivity (Wildman–Crippen MR) is 74.1 cm³/mol. The molecule has 0 unspecified atom stereocenters. The van der Waals surface area contributed by atoms with Gasteiger partial charge in [0.2, 0.25) is 0 Å². The lowest BCUT2D eigenvalue weighted by atomic mass is 10.2. The monoisotopic (exact) mass is 284 g/mol. The SMILES string of the molecule is CC(C)COc1ccc2sc(C(=O)O)c(Cl)c2c1. The minimum Gasteiger partial charge on any atom is -0.493 e. The van der Waals surface area contributed by atoms with Gasteiger partial charge < -0.3 is 9.84 Å². The summed E-state index contributed by atoms with van der Waals surface area (Å²) >= 11 is 7.24. The van der Waals surface area contributed by atoms with E-state index in [0.717, 1.165) is 10.1 Å². The van der Waals surface area contributed by atoms with Gasteiger partial charge in [-0.15, -0.1) is 11.3 Å². The number of ether oxygens (including phenoxy) is 1. The lowest BCUT2D eigenvalue weighted by Crippen LogP contribution is -2.04. The molecule has 0 aliphatic heterocycles. The van der Waals surface area contributed by atoms with Crippen LogP contribution in [-0.4, -0.2) is 17.7 Å². The van der Waals surface area contributed by atoms with Crippen molar-refractivity contribution in [1.82, 2.24) is 0 Å². The van der Waals surface area contributed by atoms with E-state index in [-0.39, 0.29) is 9.90 Å². The van der Waals surface area contributed by atoms with Crippen molar-refractivity contribution in [3.05, 3.63) is 28.1 Å². The first-order chi connectivity index (χ1) is 8.49. The fraction of sp³-hybridized carbons (Fsp3) is 0.308. The van der Waals surface area contributed by atoms with Gasteiger partial charge in [0, 0.05) is 10.1 Å². The van der Waals surface area contributed by atoms with E-state index in [1.165, 1.54) is 11.3 Å². The Kier molecular flexibility index (Phi) is 3.78. The van der Waals surface area contributed by atoms with E-state index in [4.69, 9.17) is 21.4 Å². The molecule has 2 rings (SSSR count). The number of aromatic carboxylic acids is 1. The number of hydrogen-bond acceptors (Lipinski definition) is 3. The largest absolute Gasteiger partial charge is 0.493 e. The Labute approximate surface area is 114 Å². The first kappa shape index (κ1) is 13.2. The van der Waals surface area contributed by atoms with Crippen LogP contribution in [-0.2, 0) is 0 Å². The molecule has 0 atom stereocenters. The maximum absolute atomic E-state index is 11.0. The zero-order valence-electron chi connectivity index (χ0n) is 10.1. The molecule has 0 radical (unpaired) electrons. The van der Waals surface area contributed by atoms with Crippen molar-refractivity contribution < 1.29 is 14.6 Å². The highest BCUT2D eigenvalue weighted by Gasteiger charge is 2.16. The Balaban J connectivity index is 2.38. The van der Waals surface area contributed by atoms with Gasteiger partial charge in [0.15, 0.2) is 0 Å². The van der Waals surface area contributed by atoms with E-state index in [9.17, 15) is 4.79 Å². The van der Waals surface area contributed by atoms with E-state index in [0.29, 0.717) is 18.3 Å². The number of carbonyl (C=O) groups is 1.